The molecule has 0 saturated carbocycles. The molecule has 17 heavy (non-hydrogen) atoms. The highest BCUT2D eigenvalue weighted by Crippen LogP contribution is 2.36. The van der Waals surface area contributed by atoms with Gasteiger partial charge in [0.15, 0.2) is 6.61 Å². The summed E-state index contributed by atoms with van der Waals surface area (Å²) in [5.41, 5.74) is 5.21. The van der Waals surface area contributed by atoms with Crippen molar-refractivity contribution in [1.29, 1.82) is 0 Å². The molecular formula is C9H7ClF5NO. The molecule has 0 aromatic heterocycles. The SMILES string of the molecule is Nc1cc(Cl)ccc1OCC(F)(F)C(F)(F)F. The predicted octanol–water partition coefficient (Wildman–Crippen LogP) is 3.50. The zero-order valence-electron chi connectivity index (χ0n) is 8.19. The third-order valence-corrected chi connectivity index (χ3v) is 2.03. The molecule has 1 aromatic carbocycles. The number of benzene rings is 1. The molecule has 0 spiro atoms. The maximum atomic E-state index is 12.5. The lowest BCUT2D eigenvalue weighted by Crippen LogP contribution is -2.41. The molecule has 0 amide bonds. The molecule has 0 aliphatic heterocycles. The molecule has 96 valence electrons. The Hall–Kier alpha value is -1.24. The Morgan fingerprint density at radius 3 is 2.24 bits per heavy atom. The monoisotopic (exact) mass is 275 g/mol. The van der Waals surface area contributed by atoms with Crippen LogP contribution in [0.5, 0.6) is 5.75 Å². The minimum Gasteiger partial charge on any atom is -0.485 e. The molecule has 0 bridgehead atoms. The first-order valence-corrected chi connectivity index (χ1v) is 4.63. The maximum absolute atomic E-state index is 12.5. The van der Waals surface area contributed by atoms with E-state index < -0.39 is 18.7 Å². The van der Waals surface area contributed by atoms with Crippen molar-refractivity contribution in [3.63, 3.8) is 0 Å². The lowest BCUT2D eigenvalue weighted by molar-refractivity contribution is -0.289. The van der Waals surface area contributed by atoms with Crippen molar-refractivity contribution in [2.75, 3.05) is 12.3 Å². The minimum absolute atomic E-state index is 0.115. The Balaban J connectivity index is 2.74. The van der Waals surface area contributed by atoms with Crippen LogP contribution in [0.25, 0.3) is 0 Å². The Labute approximate surface area is 98.1 Å². The van der Waals surface area contributed by atoms with Crippen LogP contribution in [-0.4, -0.2) is 18.7 Å². The van der Waals surface area contributed by atoms with E-state index in [1.807, 2.05) is 0 Å². The standard InChI is InChI=1S/C9H7ClF5NO/c10-5-1-2-7(6(16)3-5)17-4-8(11,12)9(13,14)15/h1-3H,4,16H2. The van der Waals surface area contributed by atoms with Crippen molar-refractivity contribution in [3.8, 4) is 5.75 Å². The van der Waals surface area contributed by atoms with Gasteiger partial charge in [0, 0.05) is 5.02 Å². The van der Waals surface area contributed by atoms with Crippen LogP contribution in [-0.2, 0) is 0 Å². The Bertz CT molecular complexity index is 407. The summed E-state index contributed by atoms with van der Waals surface area (Å²) in [6, 6.07) is 3.56. The molecule has 0 aliphatic carbocycles. The molecule has 8 heteroatoms. The van der Waals surface area contributed by atoms with Crippen LogP contribution in [0.15, 0.2) is 18.2 Å². The van der Waals surface area contributed by atoms with Crippen molar-refractivity contribution < 1.29 is 26.7 Å². The van der Waals surface area contributed by atoms with Gasteiger partial charge in [-0.15, -0.1) is 0 Å². The third kappa shape index (κ3) is 3.36. The molecule has 2 nitrogen and oxygen atoms in total. The third-order valence-electron chi connectivity index (χ3n) is 1.80. The normalized spacial score (nSPS) is 12.6. The smallest absolute Gasteiger partial charge is 0.456 e. The van der Waals surface area contributed by atoms with Gasteiger partial charge in [0.1, 0.15) is 5.75 Å². The first kappa shape index (κ1) is 13.8. The van der Waals surface area contributed by atoms with Gasteiger partial charge in [-0.2, -0.15) is 22.0 Å². The minimum atomic E-state index is -5.66. The second-order valence-electron chi connectivity index (χ2n) is 3.17. The number of halogens is 6. The summed E-state index contributed by atoms with van der Waals surface area (Å²) in [4.78, 5) is 0. The molecule has 0 radical (unpaired) electrons. The van der Waals surface area contributed by atoms with Gasteiger partial charge in [0.25, 0.3) is 0 Å². The number of rotatable bonds is 3. The van der Waals surface area contributed by atoms with E-state index in [-0.39, 0.29) is 16.5 Å². The molecule has 0 atom stereocenters. The molecular weight excluding hydrogens is 269 g/mol. The molecule has 0 aliphatic rings. The van der Waals surface area contributed by atoms with Crippen LogP contribution in [0.2, 0.25) is 5.02 Å². The van der Waals surface area contributed by atoms with Crippen molar-refractivity contribution in [3.05, 3.63) is 23.2 Å². The largest absolute Gasteiger partial charge is 0.485 e. The van der Waals surface area contributed by atoms with Crippen molar-refractivity contribution in [1.82, 2.24) is 0 Å². The van der Waals surface area contributed by atoms with Gasteiger partial charge in [0.2, 0.25) is 0 Å². The van der Waals surface area contributed by atoms with Crippen LogP contribution in [0, 0.1) is 0 Å². The predicted molar refractivity (Wildman–Crippen MR) is 52.4 cm³/mol. The Morgan fingerprint density at radius 2 is 1.76 bits per heavy atom. The van der Waals surface area contributed by atoms with E-state index in [4.69, 9.17) is 17.3 Å². The van der Waals surface area contributed by atoms with Gasteiger partial charge in [-0.25, -0.2) is 0 Å². The number of nitrogen functional groups attached to an aromatic ring is 1. The van der Waals surface area contributed by atoms with Gasteiger partial charge in [-0.3, -0.25) is 0 Å². The second kappa shape index (κ2) is 4.56. The number of anilines is 1. The van der Waals surface area contributed by atoms with E-state index >= 15 is 0 Å². The average molecular weight is 276 g/mol. The van der Waals surface area contributed by atoms with Crippen LogP contribution in [0.1, 0.15) is 0 Å². The summed E-state index contributed by atoms with van der Waals surface area (Å²) in [5, 5.41) is 0.220. The van der Waals surface area contributed by atoms with Crippen LogP contribution >= 0.6 is 11.6 Å². The van der Waals surface area contributed by atoms with Crippen LogP contribution in [0.3, 0.4) is 0 Å². The summed E-state index contributed by atoms with van der Waals surface area (Å²) in [7, 11) is 0. The zero-order valence-corrected chi connectivity index (χ0v) is 8.95. The van der Waals surface area contributed by atoms with E-state index in [1.165, 1.54) is 12.1 Å². The molecule has 1 rings (SSSR count). The second-order valence-corrected chi connectivity index (χ2v) is 3.61. The van der Waals surface area contributed by atoms with Crippen molar-refractivity contribution in [2.24, 2.45) is 0 Å². The van der Waals surface area contributed by atoms with Crippen LogP contribution in [0.4, 0.5) is 27.6 Å². The fraction of sp³-hybridized carbons (Fsp3) is 0.333. The lowest BCUT2D eigenvalue weighted by Gasteiger charge is -2.20. The highest BCUT2D eigenvalue weighted by molar-refractivity contribution is 6.30. The molecule has 0 saturated heterocycles. The van der Waals surface area contributed by atoms with Gasteiger partial charge < -0.3 is 10.5 Å². The van der Waals surface area contributed by atoms with E-state index in [0.717, 1.165) is 6.07 Å². The first-order valence-electron chi connectivity index (χ1n) is 4.26. The van der Waals surface area contributed by atoms with E-state index in [2.05, 4.69) is 4.74 Å². The molecule has 0 fully saturated rings. The van der Waals surface area contributed by atoms with Crippen molar-refractivity contribution >= 4 is 17.3 Å². The number of ether oxygens (including phenoxy) is 1. The Morgan fingerprint density at radius 1 is 1.18 bits per heavy atom. The number of alkyl halides is 5. The summed E-state index contributed by atoms with van der Waals surface area (Å²) in [6.45, 7) is -1.83. The Kier molecular flexibility index (Phi) is 3.71. The average Bonchev–Trinajstić information content (AvgIpc) is 2.14. The fourth-order valence-electron chi connectivity index (χ4n) is 0.901. The summed E-state index contributed by atoms with van der Waals surface area (Å²) in [5.74, 6) is -5.21. The molecule has 0 heterocycles. The highest BCUT2D eigenvalue weighted by Gasteiger charge is 2.58. The highest BCUT2D eigenvalue weighted by atomic mass is 35.5. The molecule has 0 unspecified atom stereocenters. The van der Waals surface area contributed by atoms with Gasteiger partial charge in [-0.05, 0) is 18.2 Å². The van der Waals surface area contributed by atoms with Gasteiger partial charge >= 0.3 is 12.1 Å². The summed E-state index contributed by atoms with van der Waals surface area (Å²) in [6.07, 6.45) is -5.66. The molecule has 2 N–H and O–H groups in total. The number of hydrogen-bond donors (Lipinski definition) is 1. The van der Waals surface area contributed by atoms with E-state index in [9.17, 15) is 22.0 Å². The summed E-state index contributed by atoms with van der Waals surface area (Å²) >= 11 is 5.52. The summed E-state index contributed by atoms with van der Waals surface area (Å²) < 4.78 is 64.8. The quantitative estimate of drug-likeness (QED) is 0.677. The fourth-order valence-corrected chi connectivity index (χ4v) is 1.08. The number of nitrogens with two attached hydrogens (primary N) is 1. The molecule has 1 aromatic rings. The van der Waals surface area contributed by atoms with E-state index in [1.54, 1.807) is 0 Å². The van der Waals surface area contributed by atoms with Gasteiger partial charge in [-0.1, -0.05) is 11.6 Å². The van der Waals surface area contributed by atoms with Crippen LogP contribution < -0.4 is 10.5 Å². The maximum Gasteiger partial charge on any atom is 0.456 e. The number of hydrogen-bond acceptors (Lipinski definition) is 2. The van der Waals surface area contributed by atoms with Gasteiger partial charge in [0.05, 0.1) is 5.69 Å². The van der Waals surface area contributed by atoms with Crippen molar-refractivity contribution in [2.45, 2.75) is 12.1 Å². The lowest BCUT2D eigenvalue weighted by atomic mass is 10.3. The first-order chi connectivity index (χ1) is 7.63. The van der Waals surface area contributed by atoms with E-state index in [0.29, 0.717) is 0 Å². The topological polar surface area (TPSA) is 35.2 Å². The zero-order chi connectivity index (χ0) is 13.3.